The van der Waals surface area contributed by atoms with Crippen LogP contribution in [0.1, 0.15) is 11.1 Å². The van der Waals surface area contributed by atoms with Gasteiger partial charge in [0.2, 0.25) is 0 Å². The van der Waals surface area contributed by atoms with E-state index in [1.807, 2.05) is 54.6 Å². The summed E-state index contributed by atoms with van der Waals surface area (Å²) in [4.78, 5) is 12.3. The molecule has 1 aliphatic heterocycles. The number of rotatable bonds is 3. The molecule has 0 aromatic heterocycles. The quantitative estimate of drug-likeness (QED) is 0.501. The third kappa shape index (κ3) is 3.55. The zero-order valence-electron chi connectivity index (χ0n) is 14.5. The van der Waals surface area contributed by atoms with Crippen LogP contribution in [0, 0.1) is 0 Å². The van der Waals surface area contributed by atoms with Crippen molar-refractivity contribution >= 4 is 40.8 Å². The van der Waals surface area contributed by atoms with E-state index in [-0.39, 0.29) is 17.1 Å². The summed E-state index contributed by atoms with van der Waals surface area (Å²) in [6.07, 6.45) is 1.62. The first-order chi connectivity index (χ1) is 13.5. The molecule has 0 bridgehead atoms. The minimum absolute atomic E-state index is 0.0609. The van der Waals surface area contributed by atoms with Gasteiger partial charge >= 0.3 is 5.97 Å². The van der Waals surface area contributed by atoms with Gasteiger partial charge in [0, 0.05) is 0 Å². The normalized spacial score (nSPS) is 15.2. The van der Waals surface area contributed by atoms with E-state index in [2.05, 4.69) is 0 Å². The molecule has 0 fully saturated rings. The van der Waals surface area contributed by atoms with E-state index in [1.54, 1.807) is 18.2 Å². The molecule has 28 heavy (non-hydrogen) atoms. The molecule has 4 rings (SSSR count). The molecular weight excluding hydrogens is 395 g/mol. The minimum Gasteiger partial charge on any atom is -0.504 e. The monoisotopic (exact) mass is 408 g/mol. The van der Waals surface area contributed by atoms with Crippen LogP contribution < -0.4 is 0 Å². The first-order valence-electron chi connectivity index (χ1n) is 8.51. The average Bonchev–Trinajstić information content (AvgIpc) is 2.98. The van der Waals surface area contributed by atoms with Crippen molar-refractivity contribution in [3.8, 4) is 11.1 Å². The highest BCUT2D eigenvalue weighted by atomic mass is 35.5. The second kappa shape index (κ2) is 7.55. The van der Waals surface area contributed by atoms with Gasteiger partial charge < -0.3 is 9.84 Å². The number of aliphatic hydroxyl groups is 1. The molecule has 0 radical (unpaired) electrons. The molecule has 0 unspecified atom stereocenters. The van der Waals surface area contributed by atoms with Crippen LogP contribution >= 0.6 is 23.2 Å². The Balaban J connectivity index is 1.66. The van der Waals surface area contributed by atoms with E-state index < -0.39 is 5.97 Å². The van der Waals surface area contributed by atoms with Crippen LogP contribution in [-0.4, -0.2) is 11.1 Å². The lowest BCUT2D eigenvalue weighted by Gasteiger charge is -2.03. The highest BCUT2D eigenvalue weighted by Gasteiger charge is 2.31. The van der Waals surface area contributed by atoms with Gasteiger partial charge in [0.1, 0.15) is 5.57 Å². The fourth-order valence-electron chi connectivity index (χ4n) is 2.98. The van der Waals surface area contributed by atoms with Crippen LogP contribution in [0.2, 0.25) is 10.0 Å². The van der Waals surface area contributed by atoms with Crippen LogP contribution in [0.5, 0.6) is 0 Å². The molecule has 5 heteroatoms. The van der Waals surface area contributed by atoms with Crippen LogP contribution in [0.3, 0.4) is 0 Å². The number of carbonyl (C=O) groups is 1. The molecule has 0 aliphatic carbocycles. The highest BCUT2D eigenvalue weighted by Crippen LogP contribution is 2.35. The van der Waals surface area contributed by atoms with Crippen LogP contribution in [0.15, 0.2) is 84.3 Å². The maximum atomic E-state index is 12.3. The Hall–Kier alpha value is -3.01. The lowest BCUT2D eigenvalue weighted by Crippen LogP contribution is -1.98. The Kier molecular flexibility index (Phi) is 4.95. The van der Waals surface area contributed by atoms with Gasteiger partial charge in [-0.3, -0.25) is 0 Å². The summed E-state index contributed by atoms with van der Waals surface area (Å²) in [5, 5.41) is 11.2. The number of carbonyl (C=O) groups excluding carboxylic acids is 1. The van der Waals surface area contributed by atoms with Crippen LogP contribution in [0.4, 0.5) is 0 Å². The van der Waals surface area contributed by atoms with E-state index >= 15 is 0 Å². The summed E-state index contributed by atoms with van der Waals surface area (Å²) in [6.45, 7) is 0. The molecule has 0 atom stereocenters. The Labute approximate surface area is 172 Å². The van der Waals surface area contributed by atoms with Gasteiger partial charge in [0.25, 0.3) is 0 Å². The lowest BCUT2D eigenvalue weighted by atomic mass is 10.0. The average molecular weight is 409 g/mol. The van der Waals surface area contributed by atoms with Crippen molar-refractivity contribution in [3.63, 3.8) is 0 Å². The molecule has 1 aliphatic rings. The molecule has 0 saturated carbocycles. The number of cyclic esters (lactones) is 1. The SMILES string of the molecule is O=C1OC(=Cc2ccc(-c3ccccc3)cc2)C(O)=C1c1ccc(Cl)c(Cl)c1. The maximum Gasteiger partial charge on any atom is 0.348 e. The molecule has 3 aromatic carbocycles. The predicted molar refractivity (Wildman–Crippen MR) is 112 cm³/mol. The first kappa shape index (κ1) is 18.4. The highest BCUT2D eigenvalue weighted by molar-refractivity contribution is 6.42. The van der Waals surface area contributed by atoms with Gasteiger partial charge in [-0.25, -0.2) is 4.79 Å². The predicted octanol–water partition coefficient (Wildman–Crippen LogP) is 6.53. The molecular formula is C23H14Cl2O3. The van der Waals surface area contributed by atoms with Crippen LogP contribution in [-0.2, 0) is 9.53 Å². The minimum atomic E-state index is -0.636. The fourth-order valence-corrected chi connectivity index (χ4v) is 3.28. The van der Waals surface area contributed by atoms with E-state index in [0.717, 1.165) is 16.7 Å². The molecule has 0 saturated heterocycles. The third-order valence-corrected chi connectivity index (χ3v) is 5.14. The summed E-state index contributed by atoms with van der Waals surface area (Å²) in [6, 6.07) is 22.4. The standard InChI is InChI=1S/C23H14Cl2O3/c24-18-11-10-17(13-19(18)25)21-22(26)20(28-23(21)27)12-14-6-8-16(9-7-14)15-4-2-1-3-5-15/h1-13,26H. The van der Waals surface area contributed by atoms with Crippen molar-refractivity contribution in [2.24, 2.45) is 0 Å². The van der Waals surface area contributed by atoms with Gasteiger partial charge in [-0.1, -0.05) is 83.9 Å². The van der Waals surface area contributed by atoms with E-state index in [1.165, 1.54) is 6.07 Å². The Morgan fingerprint density at radius 2 is 1.43 bits per heavy atom. The number of esters is 1. The van der Waals surface area contributed by atoms with E-state index in [9.17, 15) is 9.90 Å². The lowest BCUT2D eigenvalue weighted by molar-refractivity contribution is -0.131. The Bertz CT molecular complexity index is 1110. The summed E-state index contributed by atoms with van der Waals surface area (Å²) in [5.41, 5.74) is 3.48. The summed E-state index contributed by atoms with van der Waals surface area (Å²) in [7, 11) is 0. The van der Waals surface area contributed by atoms with E-state index in [4.69, 9.17) is 27.9 Å². The molecule has 0 spiro atoms. The topological polar surface area (TPSA) is 46.5 Å². The van der Waals surface area contributed by atoms with E-state index in [0.29, 0.717) is 15.6 Å². The Morgan fingerprint density at radius 1 is 0.786 bits per heavy atom. The van der Waals surface area contributed by atoms with Gasteiger partial charge in [-0.15, -0.1) is 0 Å². The van der Waals surface area contributed by atoms with Crippen molar-refractivity contribution in [2.75, 3.05) is 0 Å². The van der Waals surface area contributed by atoms with Crippen molar-refractivity contribution in [1.29, 1.82) is 0 Å². The van der Waals surface area contributed by atoms with Gasteiger partial charge in [-0.05, 0) is 40.5 Å². The zero-order chi connectivity index (χ0) is 19.7. The van der Waals surface area contributed by atoms with Gasteiger partial charge in [0.15, 0.2) is 11.5 Å². The molecule has 1 heterocycles. The number of ether oxygens (including phenoxy) is 1. The maximum absolute atomic E-state index is 12.3. The number of aliphatic hydroxyl groups excluding tert-OH is 1. The molecule has 3 nitrogen and oxygen atoms in total. The molecule has 3 aromatic rings. The number of hydrogen-bond acceptors (Lipinski definition) is 3. The van der Waals surface area contributed by atoms with Crippen molar-refractivity contribution in [1.82, 2.24) is 0 Å². The second-order valence-corrected chi connectivity index (χ2v) is 7.05. The third-order valence-electron chi connectivity index (χ3n) is 4.40. The van der Waals surface area contributed by atoms with Crippen LogP contribution in [0.25, 0.3) is 22.8 Å². The summed E-state index contributed by atoms with van der Waals surface area (Å²) in [5.74, 6) is -0.767. The second-order valence-electron chi connectivity index (χ2n) is 6.24. The smallest absolute Gasteiger partial charge is 0.348 e. The summed E-state index contributed by atoms with van der Waals surface area (Å²) >= 11 is 11.9. The van der Waals surface area contributed by atoms with Crippen molar-refractivity contribution in [3.05, 3.63) is 105 Å². The molecule has 138 valence electrons. The number of hydrogen-bond donors (Lipinski definition) is 1. The van der Waals surface area contributed by atoms with Crippen molar-refractivity contribution < 1.29 is 14.6 Å². The van der Waals surface area contributed by atoms with Crippen molar-refractivity contribution in [2.45, 2.75) is 0 Å². The Morgan fingerprint density at radius 3 is 2.11 bits per heavy atom. The number of halogens is 2. The fraction of sp³-hybridized carbons (Fsp3) is 0. The largest absolute Gasteiger partial charge is 0.504 e. The molecule has 0 amide bonds. The van der Waals surface area contributed by atoms with Gasteiger partial charge in [-0.2, -0.15) is 0 Å². The zero-order valence-corrected chi connectivity index (χ0v) is 16.0. The first-order valence-corrected chi connectivity index (χ1v) is 9.27. The van der Waals surface area contributed by atoms with Gasteiger partial charge in [0.05, 0.1) is 10.0 Å². The summed E-state index contributed by atoms with van der Waals surface area (Å²) < 4.78 is 5.25. The molecule has 1 N–H and O–H groups in total. The number of benzene rings is 3.